The van der Waals surface area contributed by atoms with Crippen LogP contribution in [0.15, 0.2) is 41.1 Å². The van der Waals surface area contributed by atoms with Gasteiger partial charge in [0, 0.05) is 16.0 Å². The summed E-state index contributed by atoms with van der Waals surface area (Å²) in [6.45, 7) is 3.79. The number of nitrogens with zero attached hydrogens (tertiary/aromatic N) is 1. The van der Waals surface area contributed by atoms with Crippen LogP contribution in [0.25, 0.3) is 10.6 Å². The summed E-state index contributed by atoms with van der Waals surface area (Å²) in [5.41, 5.74) is 2.71. The lowest BCUT2D eigenvalue weighted by atomic mass is 10.1. The van der Waals surface area contributed by atoms with Crippen molar-refractivity contribution in [3.05, 3.63) is 62.2 Å². The largest absolute Gasteiger partial charge is 0.345 e. The van der Waals surface area contributed by atoms with Crippen molar-refractivity contribution in [2.24, 2.45) is 0 Å². The highest BCUT2D eigenvalue weighted by Crippen LogP contribution is 2.30. The molecule has 23 heavy (non-hydrogen) atoms. The average Bonchev–Trinajstić information content (AvgIpc) is 3.16. The van der Waals surface area contributed by atoms with Crippen LogP contribution in [0.4, 0.5) is 0 Å². The maximum Gasteiger partial charge on any atom is 0.263 e. The van der Waals surface area contributed by atoms with E-state index in [2.05, 4.69) is 10.3 Å². The van der Waals surface area contributed by atoms with Crippen LogP contribution in [-0.2, 0) is 0 Å². The van der Waals surface area contributed by atoms with Crippen LogP contribution in [0.2, 0.25) is 5.02 Å². The van der Waals surface area contributed by atoms with Gasteiger partial charge >= 0.3 is 0 Å². The van der Waals surface area contributed by atoms with Crippen molar-refractivity contribution in [1.29, 1.82) is 0 Å². The molecule has 0 aliphatic heterocycles. The molecular weight excluding hydrogens is 348 g/mol. The molecule has 0 fully saturated rings. The number of hydrogen-bond donors (Lipinski definition) is 1. The van der Waals surface area contributed by atoms with E-state index in [9.17, 15) is 4.79 Å². The van der Waals surface area contributed by atoms with E-state index in [4.69, 9.17) is 11.6 Å². The third-order valence-electron chi connectivity index (χ3n) is 3.49. The second-order valence-electron chi connectivity index (χ2n) is 5.16. The molecule has 1 aromatic carbocycles. The molecule has 3 nitrogen and oxygen atoms in total. The van der Waals surface area contributed by atoms with E-state index >= 15 is 0 Å². The first-order chi connectivity index (χ1) is 11.1. The minimum Gasteiger partial charge on any atom is -0.345 e. The lowest BCUT2D eigenvalue weighted by molar-refractivity contribution is 0.0943. The monoisotopic (exact) mass is 362 g/mol. The number of thiophene rings is 1. The van der Waals surface area contributed by atoms with Gasteiger partial charge in [-0.15, -0.1) is 11.3 Å². The highest BCUT2D eigenvalue weighted by molar-refractivity contribution is 7.17. The molecule has 0 bridgehead atoms. The second kappa shape index (κ2) is 6.83. The summed E-state index contributed by atoms with van der Waals surface area (Å²) >= 11 is 9.23. The SMILES string of the molecule is Cc1nc(-c2ccsc2)sc1C(=O)NC(C)c1ccccc1Cl. The predicted octanol–water partition coefficient (Wildman–Crippen LogP) is 5.32. The molecule has 6 heteroatoms. The molecule has 0 aliphatic rings. The van der Waals surface area contributed by atoms with Gasteiger partial charge in [-0.25, -0.2) is 4.98 Å². The minimum absolute atomic E-state index is 0.117. The fourth-order valence-electron chi connectivity index (χ4n) is 2.28. The molecule has 118 valence electrons. The van der Waals surface area contributed by atoms with Gasteiger partial charge in [-0.2, -0.15) is 11.3 Å². The molecule has 0 saturated heterocycles. The number of hydrogen-bond acceptors (Lipinski definition) is 4. The Kier molecular flexibility index (Phi) is 4.80. The van der Waals surface area contributed by atoms with Gasteiger partial charge in [-0.3, -0.25) is 4.79 Å². The van der Waals surface area contributed by atoms with E-state index < -0.39 is 0 Å². The lowest BCUT2D eigenvalue weighted by Gasteiger charge is -2.15. The van der Waals surface area contributed by atoms with Gasteiger partial charge in [-0.05, 0) is 36.9 Å². The van der Waals surface area contributed by atoms with Gasteiger partial charge in [0.2, 0.25) is 0 Å². The number of amides is 1. The molecule has 1 amide bonds. The number of thiazole rings is 1. The van der Waals surface area contributed by atoms with Gasteiger partial charge in [0.05, 0.1) is 11.7 Å². The molecule has 1 atom stereocenters. The Morgan fingerprint density at radius 3 is 2.78 bits per heavy atom. The van der Waals surface area contributed by atoms with Crippen molar-refractivity contribution in [2.45, 2.75) is 19.9 Å². The third-order valence-corrected chi connectivity index (χ3v) is 5.72. The van der Waals surface area contributed by atoms with E-state index in [1.165, 1.54) is 11.3 Å². The molecule has 0 radical (unpaired) electrons. The Hall–Kier alpha value is -1.69. The van der Waals surface area contributed by atoms with E-state index in [0.717, 1.165) is 21.8 Å². The Balaban J connectivity index is 1.80. The zero-order valence-corrected chi connectivity index (χ0v) is 15.1. The maximum atomic E-state index is 12.6. The summed E-state index contributed by atoms with van der Waals surface area (Å²) in [5, 5.41) is 8.57. The normalized spacial score (nSPS) is 12.1. The number of rotatable bonds is 4. The van der Waals surface area contributed by atoms with E-state index in [-0.39, 0.29) is 11.9 Å². The highest BCUT2D eigenvalue weighted by atomic mass is 35.5. The van der Waals surface area contributed by atoms with Crippen molar-refractivity contribution in [3.63, 3.8) is 0 Å². The quantitative estimate of drug-likeness (QED) is 0.682. The Morgan fingerprint density at radius 1 is 1.30 bits per heavy atom. The van der Waals surface area contributed by atoms with Gasteiger partial charge in [0.1, 0.15) is 9.88 Å². The van der Waals surface area contributed by atoms with E-state index in [0.29, 0.717) is 9.90 Å². The number of halogens is 1. The Bertz CT molecular complexity index is 827. The van der Waals surface area contributed by atoms with Crippen LogP contribution in [0.3, 0.4) is 0 Å². The van der Waals surface area contributed by atoms with Crippen molar-refractivity contribution in [3.8, 4) is 10.6 Å². The molecule has 0 saturated carbocycles. The van der Waals surface area contributed by atoms with Crippen molar-refractivity contribution >= 4 is 40.2 Å². The van der Waals surface area contributed by atoms with Crippen LogP contribution in [0, 0.1) is 6.92 Å². The van der Waals surface area contributed by atoms with Gasteiger partial charge in [0.25, 0.3) is 5.91 Å². The summed E-state index contributed by atoms with van der Waals surface area (Å²) in [6, 6.07) is 9.38. The minimum atomic E-state index is -0.165. The fraction of sp³-hybridized carbons (Fsp3) is 0.176. The van der Waals surface area contributed by atoms with Crippen LogP contribution >= 0.6 is 34.3 Å². The van der Waals surface area contributed by atoms with Gasteiger partial charge in [0.15, 0.2) is 0 Å². The fourth-order valence-corrected chi connectivity index (χ4v) is 4.26. The third kappa shape index (κ3) is 3.47. The van der Waals surface area contributed by atoms with Crippen LogP contribution in [0.5, 0.6) is 0 Å². The first-order valence-corrected chi connectivity index (χ1v) is 9.25. The summed E-state index contributed by atoms with van der Waals surface area (Å²) in [7, 11) is 0. The van der Waals surface area contributed by atoms with Gasteiger partial charge < -0.3 is 5.32 Å². The van der Waals surface area contributed by atoms with Crippen molar-refractivity contribution in [2.75, 3.05) is 0 Å². The molecule has 3 rings (SSSR count). The number of carbonyl (C=O) groups is 1. The van der Waals surface area contributed by atoms with Crippen LogP contribution in [0.1, 0.15) is 33.9 Å². The second-order valence-corrected chi connectivity index (χ2v) is 7.35. The molecule has 3 aromatic rings. The molecule has 1 unspecified atom stereocenters. The topological polar surface area (TPSA) is 42.0 Å². The first kappa shape index (κ1) is 16.2. The Morgan fingerprint density at radius 2 is 2.09 bits per heavy atom. The lowest BCUT2D eigenvalue weighted by Crippen LogP contribution is -2.26. The molecule has 2 heterocycles. The number of benzene rings is 1. The van der Waals surface area contributed by atoms with Gasteiger partial charge in [-0.1, -0.05) is 29.8 Å². The molecule has 1 N–H and O–H groups in total. The van der Waals surface area contributed by atoms with E-state index in [1.807, 2.05) is 54.9 Å². The van der Waals surface area contributed by atoms with Crippen LogP contribution < -0.4 is 5.32 Å². The predicted molar refractivity (Wildman–Crippen MR) is 97.5 cm³/mol. The number of nitrogens with one attached hydrogen (secondary N) is 1. The molecule has 0 aliphatic carbocycles. The van der Waals surface area contributed by atoms with Crippen molar-refractivity contribution in [1.82, 2.24) is 10.3 Å². The number of carbonyl (C=O) groups excluding carboxylic acids is 1. The molecule has 2 aromatic heterocycles. The molecular formula is C17H15ClN2OS2. The van der Waals surface area contributed by atoms with Crippen LogP contribution in [-0.4, -0.2) is 10.9 Å². The standard InChI is InChI=1S/C17H15ClN2OS2/c1-10(13-5-3-4-6-14(13)18)19-16(21)15-11(2)20-17(23-15)12-7-8-22-9-12/h3-10H,1-2H3,(H,19,21). The zero-order chi connectivity index (χ0) is 16.4. The number of aryl methyl sites for hydroxylation is 1. The maximum absolute atomic E-state index is 12.6. The van der Waals surface area contributed by atoms with Crippen molar-refractivity contribution < 1.29 is 4.79 Å². The smallest absolute Gasteiger partial charge is 0.263 e. The first-order valence-electron chi connectivity index (χ1n) is 7.11. The average molecular weight is 363 g/mol. The number of aromatic nitrogens is 1. The highest BCUT2D eigenvalue weighted by Gasteiger charge is 2.19. The molecule has 0 spiro atoms. The summed E-state index contributed by atoms with van der Waals surface area (Å²) in [4.78, 5) is 17.7. The summed E-state index contributed by atoms with van der Waals surface area (Å²) in [6.07, 6.45) is 0. The summed E-state index contributed by atoms with van der Waals surface area (Å²) in [5.74, 6) is -0.117. The zero-order valence-electron chi connectivity index (χ0n) is 12.7. The Labute approximate surface area is 148 Å². The van der Waals surface area contributed by atoms with E-state index in [1.54, 1.807) is 11.3 Å². The summed E-state index contributed by atoms with van der Waals surface area (Å²) < 4.78 is 0.